The molecule has 0 aliphatic heterocycles. The van der Waals surface area contributed by atoms with Gasteiger partial charge in [-0.3, -0.25) is 9.59 Å². The van der Waals surface area contributed by atoms with Gasteiger partial charge in [0.05, 0.1) is 17.9 Å². The Morgan fingerprint density at radius 3 is 2.56 bits per heavy atom. The molecular weight excluding hydrogens is 429 g/mol. The molecule has 2 aromatic carbocycles. The number of carbonyl (C=O) groups excluding carboxylic acids is 2. The number of hydrogen-bond acceptors (Lipinski definition) is 5. The molecule has 1 aromatic heterocycles. The molecule has 9 heteroatoms. The Labute approximate surface area is 190 Å². The van der Waals surface area contributed by atoms with Crippen LogP contribution in [0.15, 0.2) is 47.6 Å². The second-order valence-electron chi connectivity index (χ2n) is 7.61. The summed E-state index contributed by atoms with van der Waals surface area (Å²) in [5, 5.41) is 14.5. The summed E-state index contributed by atoms with van der Waals surface area (Å²) >= 11 is 1.27. The highest BCUT2D eigenvalue weighted by atomic mass is 32.2. The smallest absolute Gasteiger partial charge is 0.254 e. The minimum absolute atomic E-state index is 0.00921. The molecule has 7 nitrogen and oxygen atoms in total. The highest BCUT2D eigenvalue weighted by molar-refractivity contribution is 7.99. The van der Waals surface area contributed by atoms with Gasteiger partial charge in [-0.05, 0) is 57.0 Å². The quantitative estimate of drug-likeness (QED) is 0.495. The van der Waals surface area contributed by atoms with Crippen molar-refractivity contribution in [2.24, 2.45) is 0 Å². The summed E-state index contributed by atoms with van der Waals surface area (Å²) in [6.07, 6.45) is 0. The van der Waals surface area contributed by atoms with Crippen LogP contribution in [0.4, 0.5) is 10.1 Å². The lowest BCUT2D eigenvalue weighted by atomic mass is 10.1. The number of anilines is 1. The maximum absolute atomic E-state index is 13.8. The molecule has 0 unspecified atom stereocenters. The number of aromatic nitrogens is 3. The van der Waals surface area contributed by atoms with Crippen LogP contribution < -0.4 is 10.6 Å². The number of aryl methyl sites for hydroxylation is 1. The molecule has 3 rings (SSSR count). The Kier molecular flexibility index (Phi) is 7.63. The first-order valence-electron chi connectivity index (χ1n) is 10.2. The van der Waals surface area contributed by atoms with E-state index in [1.807, 2.05) is 50.5 Å². The summed E-state index contributed by atoms with van der Waals surface area (Å²) in [7, 11) is 0. The summed E-state index contributed by atoms with van der Waals surface area (Å²) in [6.45, 7) is 7.98. The molecule has 1 heterocycles. The van der Waals surface area contributed by atoms with Crippen LogP contribution in [-0.4, -0.2) is 32.3 Å². The number of amides is 2. The first-order valence-corrected chi connectivity index (χ1v) is 11.2. The predicted molar refractivity (Wildman–Crippen MR) is 123 cm³/mol. The molecule has 0 saturated carbocycles. The van der Waals surface area contributed by atoms with E-state index in [1.165, 1.54) is 30.0 Å². The Morgan fingerprint density at radius 2 is 1.84 bits per heavy atom. The van der Waals surface area contributed by atoms with Crippen molar-refractivity contribution >= 4 is 29.3 Å². The molecule has 3 aromatic rings. The Bertz CT molecular complexity index is 1130. The third kappa shape index (κ3) is 5.53. The molecule has 0 saturated heterocycles. The van der Waals surface area contributed by atoms with Crippen LogP contribution in [0.25, 0.3) is 0 Å². The third-order valence-corrected chi connectivity index (χ3v) is 5.93. The van der Waals surface area contributed by atoms with Crippen LogP contribution in [-0.2, 0) is 11.3 Å². The molecular formula is C23H26FN5O2S. The van der Waals surface area contributed by atoms with Gasteiger partial charge in [-0.1, -0.05) is 36.0 Å². The van der Waals surface area contributed by atoms with Gasteiger partial charge in [-0.25, -0.2) is 4.39 Å². The average Bonchev–Trinajstić information content (AvgIpc) is 3.17. The summed E-state index contributed by atoms with van der Waals surface area (Å²) in [5.74, 6) is -0.553. The van der Waals surface area contributed by atoms with Crippen LogP contribution in [0.2, 0.25) is 0 Å². The van der Waals surface area contributed by atoms with E-state index in [-0.39, 0.29) is 29.8 Å². The standard InChI is InChI=1S/C23H26FN5O2S/c1-14(2)29-20(12-25-22(31)17-9-5-6-10-18(17)24)27-28-23(29)32-13-21(30)26-19-11-7-8-15(3)16(19)4/h5-11,14H,12-13H2,1-4H3,(H,25,31)(H,26,30). The van der Waals surface area contributed by atoms with Crippen LogP contribution in [0.1, 0.15) is 47.2 Å². The number of rotatable bonds is 8. The van der Waals surface area contributed by atoms with E-state index in [1.54, 1.807) is 6.07 Å². The summed E-state index contributed by atoms with van der Waals surface area (Å²) in [5.41, 5.74) is 2.90. The van der Waals surface area contributed by atoms with Gasteiger partial charge in [-0.2, -0.15) is 0 Å². The molecule has 32 heavy (non-hydrogen) atoms. The minimum Gasteiger partial charge on any atom is -0.345 e. The largest absolute Gasteiger partial charge is 0.345 e. The molecule has 0 aliphatic carbocycles. The zero-order valence-electron chi connectivity index (χ0n) is 18.5. The molecule has 0 atom stereocenters. The van der Waals surface area contributed by atoms with Gasteiger partial charge >= 0.3 is 0 Å². The zero-order valence-corrected chi connectivity index (χ0v) is 19.3. The van der Waals surface area contributed by atoms with Gasteiger partial charge in [0.25, 0.3) is 5.91 Å². The Hall–Kier alpha value is -3.20. The molecule has 2 N–H and O–H groups in total. The van der Waals surface area contributed by atoms with E-state index in [9.17, 15) is 14.0 Å². The van der Waals surface area contributed by atoms with Gasteiger partial charge in [-0.15, -0.1) is 10.2 Å². The van der Waals surface area contributed by atoms with Crippen molar-refractivity contribution in [1.29, 1.82) is 0 Å². The van der Waals surface area contributed by atoms with Crippen LogP contribution >= 0.6 is 11.8 Å². The lowest BCUT2D eigenvalue weighted by Gasteiger charge is -2.14. The summed E-state index contributed by atoms with van der Waals surface area (Å²) < 4.78 is 15.7. The molecule has 168 valence electrons. The first-order chi connectivity index (χ1) is 15.3. The molecule has 0 spiro atoms. The fraction of sp³-hybridized carbons (Fsp3) is 0.304. The van der Waals surface area contributed by atoms with Crippen molar-refractivity contribution in [2.45, 2.75) is 45.4 Å². The number of hydrogen-bond donors (Lipinski definition) is 2. The second kappa shape index (κ2) is 10.4. The maximum atomic E-state index is 13.8. The van der Waals surface area contributed by atoms with Gasteiger partial charge in [0.15, 0.2) is 11.0 Å². The van der Waals surface area contributed by atoms with Gasteiger partial charge in [0.1, 0.15) is 5.82 Å². The van der Waals surface area contributed by atoms with E-state index in [0.29, 0.717) is 11.0 Å². The van der Waals surface area contributed by atoms with E-state index in [4.69, 9.17) is 0 Å². The van der Waals surface area contributed by atoms with Crippen LogP contribution in [0.3, 0.4) is 0 Å². The van der Waals surface area contributed by atoms with Crippen molar-refractivity contribution < 1.29 is 14.0 Å². The first kappa shape index (κ1) is 23.5. The fourth-order valence-corrected chi connectivity index (χ4v) is 4.03. The number of nitrogens with zero attached hydrogens (tertiary/aromatic N) is 3. The Balaban J connectivity index is 1.64. The van der Waals surface area contributed by atoms with Gasteiger partial charge in [0, 0.05) is 11.7 Å². The maximum Gasteiger partial charge on any atom is 0.254 e. The predicted octanol–water partition coefficient (Wildman–Crippen LogP) is 4.28. The van der Waals surface area contributed by atoms with Gasteiger partial charge < -0.3 is 15.2 Å². The lowest BCUT2D eigenvalue weighted by Crippen LogP contribution is -2.26. The SMILES string of the molecule is Cc1cccc(NC(=O)CSc2nnc(CNC(=O)c3ccccc3F)n2C(C)C)c1C. The number of halogens is 1. The van der Waals surface area contributed by atoms with Crippen molar-refractivity contribution in [3.05, 3.63) is 70.8 Å². The average molecular weight is 456 g/mol. The lowest BCUT2D eigenvalue weighted by molar-refractivity contribution is -0.113. The summed E-state index contributed by atoms with van der Waals surface area (Å²) in [6, 6.07) is 11.6. The summed E-state index contributed by atoms with van der Waals surface area (Å²) in [4.78, 5) is 24.8. The minimum atomic E-state index is -0.582. The normalized spacial score (nSPS) is 10.9. The second-order valence-corrected chi connectivity index (χ2v) is 8.55. The third-order valence-electron chi connectivity index (χ3n) is 4.99. The van der Waals surface area contributed by atoms with E-state index >= 15 is 0 Å². The van der Waals surface area contributed by atoms with E-state index in [0.717, 1.165) is 16.8 Å². The Morgan fingerprint density at radius 1 is 1.09 bits per heavy atom. The molecule has 0 fully saturated rings. The van der Waals surface area contributed by atoms with Gasteiger partial charge in [0.2, 0.25) is 5.91 Å². The van der Waals surface area contributed by atoms with Crippen molar-refractivity contribution in [1.82, 2.24) is 20.1 Å². The number of carbonyl (C=O) groups is 2. The zero-order chi connectivity index (χ0) is 23.3. The van der Waals surface area contributed by atoms with Crippen molar-refractivity contribution in [3.63, 3.8) is 0 Å². The van der Waals surface area contributed by atoms with Crippen molar-refractivity contribution in [2.75, 3.05) is 11.1 Å². The van der Waals surface area contributed by atoms with Crippen LogP contribution in [0, 0.1) is 19.7 Å². The fourth-order valence-electron chi connectivity index (χ4n) is 3.15. The van der Waals surface area contributed by atoms with E-state index in [2.05, 4.69) is 20.8 Å². The topological polar surface area (TPSA) is 88.9 Å². The van der Waals surface area contributed by atoms with Crippen molar-refractivity contribution in [3.8, 4) is 0 Å². The number of thioether (sulfide) groups is 1. The monoisotopic (exact) mass is 455 g/mol. The molecule has 0 radical (unpaired) electrons. The highest BCUT2D eigenvalue weighted by Gasteiger charge is 2.18. The highest BCUT2D eigenvalue weighted by Crippen LogP contribution is 2.23. The number of nitrogens with one attached hydrogen (secondary N) is 2. The van der Waals surface area contributed by atoms with Crippen LogP contribution in [0.5, 0.6) is 0 Å². The molecule has 0 aliphatic rings. The molecule has 0 bridgehead atoms. The molecule has 2 amide bonds. The number of benzene rings is 2. The van der Waals surface area contributed by atoms with E-state index < -0.39 is 11.7 Å².